The topological polar surface area (TPSA) is 92.0 Å². The van der Waals surface area contributed by atoms with Gasteiger partial charge in [-0.05, 0) is 18.6 Å². The van der Waals surface area contributed by atoms with Crippen LogP contribution >= 0.6 is 11.6 Å². The van der Waals surface area contributed by atoms with Crippen molar-refractivity contribution in [1.82, 2.24) is 15.0 Å². The Morgan fingerprint density at radius 2 is 2.00 bits per heavy atom. The molecule has 2 heterocycles. The van der Waals surface area contributed by atoms with Gasteiger partial charge in [0, 0.05) is 29.6 Å². The summed E-state index contributed by atoms with van der Waals surface area (Å²) in [5.41, 5.74) is 2.05. The molecule has 0 radical (unpaired) electrons. The molecule has 0 unspecified atom stereocenters. The number of nitrogens with one attached hydrogen (secondary N) is 1. The molecular formula is C18H18ClN3O3. The first-order valence-corrected chi connectivity index (χ1v) is 8.46. The molecule has 0 aliphatic rings. The normalized spacial score (nSPS) is 11.0. The van der Waals surface area contributed by atoms with Crippen LogP contribution in [0.3, 0.4) is 0 Å². The zero-order valence-corrected chi connectivity index (χ0v) is 14.5. The molecule has 2 N–H and O–H groups in total. The molecule has 0 saturated heterocycles. The highest BCUT2D eigenvalue weighted by molar-refractivity contribution is 6.30. The van der Waals surface area contributed by atoms with E-state index in [0.29, 0.717) is 28.1 Å². The van der Waals surface area contributed by atoms with Crippen molar-refractivity contribution < 1.29 is 14.3 Å². The molecule has 1 aromatic carbocycles. The van der Waals surface area contributed by atoms with Crippen molar-refractivity contribution in [3.8, 4) is 22.8 Å². The number of rotatable bonds is 7. The SMILES string of the molecule is CCCc1nc(-c2nc(-c3ccc(Cl)cc3)c(CCC(=O)O)o2)c[nH]1. The van der Waals surface area contributed by atoms with E-state index in [1.165, 1.54) is 0 Å². The molecule has 7 heteroatoms. The molecule has 3 aromatic rings. The monoisotopic (exact) mass is 359 g/mol. The van der Waals surface area contributed by atoms with Crippen molar-refractivity contribution in [3.63, 3.8) is 0 Å². The molecule has 130 valence electrons. The van der Waals surface area contributed by atoms with Gasteiger partial charge in [-0.2, -0.15) is 0 Å². The number of carboxylic acids is 1. The second-order valence-corrected chi connectivity index (χ2v) is 6.11. The Bertz CT molecular complexity index is 868. The van der Waals surface area contributed by atoms with E-state index < -0.39 is 5.97 Å². The fourth-order valence-electron chi connectivity index (χ4n) is 2.52. The number of aromatic amines is 1. The Balaban J connectivity index is 1.97. The summed E-state index contributed by atoms with van der Waals surface area (Å²) in [4.78, 5) is 23.1. The number of halogens is 1. The first kappa shape index (κ1) is 17.2. The van der Waals surface area contributed by atoms with Crippen LogP contribution in [0.15, 0.2) is 34.9 Å². The van der Waals surface area contributed by atoms with Crippen LogP contribution in [-0.2, 0) is 17.6 Å². The second kappa shape index (κ2) is 7.53. The number of oxazole rings is 1. The number of aliphatic carboxylic acids is 1. The van der Waals surface area contributed by atoms with E-state index in [4.69, 9.17) is 21.1 Å². The molecule has 0 spiro atoms. The third kappa shape index (κ3) is 4.09. The highest BCUT2D eigenvalue weighted by Crippen LogP contribution is 2.30. The third-order valence-corrected chi connectivity index (χ3v) is 3.97. The maximum Gasteiger partial charge on any atom is 0.303 e. The standard InChI is InChI=1S/C18H18ClN3O3/c1-2-3-15-20-10-13(21-15)18-22-17(11-4-6-12(19)7-5-11)14(25-18)8-9-16(23)24/h4-7,10H,2-3,8-9H2,1H3,(H,20,21)(H,23,24). The summed E-state index contributed by atoms with van der Waals surface area (Å²) < 4.78 is 5.84. The summed E-state index contributed by atoms with van der Waals surface area (Å²) in [5, 5.41) is 9.58. The number of nitrogens with zero attached hydrogens (tertiary/aromatic N) is 2. The van der Waals surface area contributed by atoms with Gasteiger partial charge in [-0.3, -0.25) is 4.79 Å². The summed E-state index contributed by atoms with van der Waals surface area (Å²) in [7, 11) is 0. The number of H-pyrrole nitrogens is 1. The third-order valence-electron chi connectivity index (χ3n) is 3.72. The molecule has 25 heavy (non-hydrogen) atoms. The maximum atomic E-state index is 10.9. The van der Waals surface area contributed by atoms with E-state index in [1.54, 1.807) is 18.3 Å². The van der Waals surface area contributed by atoms with Crippen LogP contribution in [0, 0.1) is 0 Å². The van der Waals surface area contributed by atoms with Gasteiger partial charge in [0.1, 0.15) is 23.0 Å². The number of carbonyl (C=O) groups is 1. The fraction of sp³-hybridized carbons (Fsp3) is 0.278. The van der Waals surface area contributed by atoms with Gasteiger partial charge in [-0.15, -0.1) is 0 Å². The Labute approximate surface area is 149 Å². The number of aromatic nitrogens is 3. The number of aryl methyl sites for hydroxylation is 2. The predicted octanol–water partition coefficient (Wildman–Crippen LogP) is 4.35. The Morgan fingerprint density at radius 3 is 2.68 bits per heavy atom. The summed E-state index contributed by atoms with van der Waals surface area (Å²) in [6, 6.07) is 7.20. The fourth-order valence-corrected chi connectivity index (χ4v) is 2.65. The van der Waals surface area contributed by atoms with Crippen LogP contribution in [0.1, 0.15) is 31.4 Å². The van der Waals surface area contributed by atoms with Gasteiger partial charge in [0.25, 0.3) is 0 Å². The van der Waals surface area contributed by atoms with Gasteiger partial charge in [-0.1, -0.05) is 30.7 Å². The minimum atomic E-state index is -0.884. The van der Waals surface area contributed by atoms with Crippen LogP contribution in [0.25, 0.3) is 22.8 Å². The Hall–Kier alpha value is -2.60. The molecule has 0 fully saturated rings. The van der Waals surface area contributed by atoms with Crippen molar-refractivity contribution in [2.24, 2.45) is 0 Å². The van der Waals surface area contributed by atoms with E-state index in [1.807, 2.05) is 12.1 Å². The molecule has 0 bridgehead atoms. The number of hydrogen-bond donors (Lipinski definition) is 2. The largest absolute Gasteiger partial charge is 0.481 e. The van der Waals surface area contributed by atoms with Crippen molar-refractivity contribution in [2.75, 3.05) is 0 Å². The first-order valence-electron chi connectivity index (χ1n) is 8.09. The van der Waals surface area contributed by atoms with Gasteiger partial charge < -0.3 is 14.5 Å². The van der Waals surface area contributed by atoms with Crippen LogP contribution in [0.5, 0.6) is 0 Å². The maximum absolute atomic E-state index is 10.9. The molecule has 6 nitrogen and oxygen atoms in total. The zero-order valence-electron chi connectivity index (χ0n) is 13.8. The summed E-state index contributed by atoms with van der Waals surface area (Å²) in [5.74, 6) is 0.893. The smallest absolute Gasteiger partial charge is 0.303 e. The van der Waals surface area contributed by atoms with Gasteiger partial charge in [0.05, 0.1) is 6.42 Å². The molecular weight excluding hydrogens is 342 g/mol. The minimum absolute atomic E-state index is 0.0309. The number of hydrogen-bond acceptors (Lipinski definition) is 4. The van der Waals surface area contributed by atoms with E-state index in [-0.39, 0.29) is 12.8 Å². The van der Waals surface area contributed by atoms with Crippen molar-refractivity contribution in [1.29, 1.82) is 0 Å². The highest BCUT2D eigenvalue weighted by Gasteiger charge is 2.19. The number of benzene rings is 1. The van der Waals surface area contributed by atoms with Crippen molar-refractivity contribution in [2.45, 2.75) is 32.6 Å². The predicted molar refractivity (Wildman–Crippen MR) is 94.5 cm³/mol. The van der Waals surface area contributed by atoms with Crippen molar-refractivity contribution >= 4 is 17.6 Å². The number of carboxylic acid groups (broad SMARTS) is 1. The molecule has 0 saturated carbocycles. The van der Waals surface area contributed by atoms with E-state index in [0.717, 1.165) is 24.2 Å². The van der Waals surface area contributed by atoms with Crippen LogP contribution in [0.4, 0.5) is 0 Å². The van der Waals surface area contributed by atoms with Gasteiger partial charge >= 0.3 is 5.97 Å². The first-order chi connectivity index (χ1) is 12.1. The second-order valence-electron chi connectivity index (χ2n) is 5.67. The van der Waals surface area contributed by atoms with Gasteiger partial charge in [0.2, 0.25) is 5.89 Å². The lowest BCUT2D eigenvalue weighted by molar-refractivity contribution is -0.137. The zero-order chi connectivity index (χ0) is 17.8. The van der Waals surface area contributed by atoms with Crippen LogP contribution in [0.2, 0.25) is 5.02 Å². The number of imidazole rings is 1. The van der Waals surface area contributed by atoms with E-state index >= 15 is 0 Å². The van der Waals surface area contributed by atoms with Crippen molar-refractivity contribution in [3.05, 3.63) is 47.1 Å². The minimum Gasteiger partial charge on any atom is -0.481 e. The average molecular weight is 360 g/mol. The summed E-state index contributed by atoms with van der Waals surface area (Å²) >= 11 is 5.94. The van der Waals surface area contributed by atoms with Gasteiger partial charge in [0.15, 0.2) is 0 Å². The van der Waals surface area contributed by atoms with Crippen LogP contribution in [-0.4, -0.2) is 26.0 Å². The van der Waals surface area contributed by atoms with E-state index in [9.17, 15) is 4.79 Å². The Morgan fingerprint density at radius 1 is 1.24 bits per heavy atom. The lowest BCUT2D eigenvalue weighted by Gasteiger charge is -2.00. The molecule has 3 rings (SSSR count). The molecule has 0 aliphatic carbocycles. The van der Waals surface area contributed by atoms with E-state index in [2.05, 4.69) is 21.9 Å². The van der Waals surface area contributed by atoms with Gasteiger partial charge in [-0.25, -0.2) is 9.97 Å². The Kier molecular flexibility index (Phi) is 5.19. The molecule has 0 amide bonds. The highest BCUT2D eigenvalue weighted by atomic mass is 35.5. The average Bonchev–Trinajstić information content (AvgIpc) is 3.21. The quantitative estimate of drug-likeness (QED) is 0.654. The molecule has 0 atom stereocenters. The molecule has 2 aromatic heterocycles. The summed E-state index contributed by atoms with van der Waals surface area (Å²) in [6.07, 6.45) is 3.81. The lowest BCUT2D eigenvalue weighted by atomic mass is 10.1. The molecule has 0 aliphatic heterocycles. The lowest BCUT2D eigenvalue weighted by Crippen LogP contribution is -1.97. The van der Waals surface area contributed by atoms with Crippen LogP contribution < -0.4 is 0 Å². The summed E-state index contributed by atoms with van der Waals surface area (Å²) in [6.45, 7) is 2.08.